The van der Waals surface area contributed by atoms with E-state index in [1.165, 1.54) is 0 Å². The molecule has 0 heterocycles. The second-order valence-corrected chi connectivity index (χ2v) is 8.46. The maximum Gasteiger partial charge on any atom is 0.243 e. The maximum absolute atomic E-state index is 13.3. The summed E-state index contributed by atoms with van der Waals surface area (Å²) < 4.78 is 11.0. The van der Waals surface area contributed by atoms with Gasteiger partial charge in [0, 0.05) is 24.0 Å². The van der Waals surface area contributed by atoms with Crippen molar-refractivity contribution in [2.45, 2.75) is 65.1 Å². The predicted molar refractivity (Wildman–Crippen MR) is 132 cm³/mol. The molecule has 0 aliphatic heterocycles. The highest BCUT2D eigenvalue weighted by Gasteiger charge is 2.29. The van der Waals surface area contributed by atoms with Crippen LogP contribution < -0.4 is 14.8 Å². The zero-order valence-corrected chi connectivity index (χ0v) is 20.7. The molecule has 0 unspecified atom stereocenters. The SMILES string of the molecule is CC[C@@H](C)NC(=O)[C@H](CC)N(Cc1cccc(OC)c1)C(=O)CCCOc1ccc(Cl)cc1. The molecule has 0 aliphatic carbocycles. The molecule has 33 heavy (non-hydrogen) atoms. The van der Waals surface area contributed by atoms with Crippen molar-refractivity contribution in [3.63, 3.8) is 0 Å². The van der Waals surface area contributed by atoms with Crippen molar-refractivity contribution < 1.29 is 19.1 Å². The Morgan fingerprint density at radius 1 is 1.06 bits per heavy atom. The Kier molecular flexibility index (Phi) is 11.0. The van der Waals surface area contributed by atoms with Crippen LogP contribution in [-0.4, -0.2) is 42.5 Å². The molecule has 6 nitrogen and oxygen atoms in total. The number of hydrogen-bond donors (Lipinski definition) is 1. The van der Waals surface area contributed by atoms with Crippen LogP contribution in [0.4, 0.5) is 0 Å². The van der Waals surface area contributed by atoms with Crippen LogP contribution in [0.3, 0.4) is 0 Å². The van der Waals surface area contributed by atoms with Gasteiger partial charge >= 0.3 is 0 Å². The Bertz CT molecular complexity index is 888. The molecule has 2 aromatic carbocycles. The number of hydrogen-bond acceptors (Lipinski definition) is 4. The number of carbonyl (C=O) groups is 2. The average molecular weight is 475 g/mol. The van der Waals surface area contributed by atoms with E-state index in [-0.39, 0.29) is 24.3 Å². The summed E-state index contributed by atoms with van der Waals surface area (Å²) in [7, 11) is 1.61. The monoisotopic (exact) mass is 474 g/mol. The third kappa shape index (κ3) is 8.61. The molecule has 2 amide bonds. The number of methoxy groups -OCH3 is 1. The first kappa shape index (κ1) is 26.5. The van der Waals surface area contributed by atoms with Crippen molar-refractivity contribution in [1.29, 1.82) is 0 Å². The molecule has 0 fully saturated rings. The van der Waals surface area contributed by atoms with Crippen LogP contribution in [0, 0.1) is 0 Å². The minimum absolute atomic E-state index is 0.0492. The molecule has 0 saturated carbocycles. The zero-order chi connectivity index (χ0) is 24.2. The van der Waals surface area contributed by atoms with Crippen molar-refractivity contribution in [2.75, 3.05) is 13.7 Å². The molecule has 1 N–H and O–H groups in total. The molecule has 0 spiro atoms. The molecule has 180 valence electrons. The van der Waals surface area contributed by atoms with Crippen LogP contribution in [0.1, 0.15) is 52.0 Å². The fraction of sp³-hybridized carbons (Fsp3) is 0.462. The van der Waals surface area contributed by atoms with E-state index in [2.05, 4.69) is 5.32 Å². The molecule has 0 aliphatic rings. The van der Waals surface area contributed by atoms with Gasteiger partial charge in [-0.05, 0) is 68.1 Å². The summed E-state index contributed by atoms with van der Waals surface area (Å²) in [6.07, 6.45) is 2.18. The molecular weight excluding hydrogens is 440 g/mol. The second kappa shape index (κ2) is 13.7. The summed E-state index contributed by atoms with van der Waals surface area (Å²) in [4.78, 5) is 27.9. The lowest BCUT2D eigenvalue weighted by Gasteiger charge is -2.31. The fourth-order valence-electron chi connectivity index (χ4n) is 3.42. The summed E-state index contributed by atoms with van der Waals surface area (Å²) in [6.45, 7) is 6.64. The van der Waals surface area contributed by atoms with Gasteiger partial charge in [-0.2, -0.15) is 0 Å². The van der Waals surface area contributed by atoms with Gasteiger partial charge in [0.1, 0.15) is 17.5 Å². The first-order valence-corrected chi connectivity index (χ1v) is 11.9. The summed E-state index contributed by atoms with van der Waals surface area (Å²) in [5.41, 5.74) is 0.912. The van der Waals surface area contributed by atoms with E-state index in [0.717, 1.165) is 12.0 Å². The molecule has 2 aromatic rings. The van der Waals surface area contributed by atoms with Crippen LogP contribution >= 0.6 is 11.6 Å². The van der Waals surface area contributed by atoms with E-state index in [0.29, 0.717) is 42.5 Å². The second-order valence-electron chi connectivity index (χ2n) is 8.02. The van der Waals surface area contributed by atoms with Gasteiger partial charge in [-0.15, -0.1) is 0 Å². The van der Waals surface area contributed by atoms with E-state index >= 15 is 0 Å². The standard InChI is InChI=1S/C26H35ClN2O4/c1-5-19(3)28-26(31)24(6-2)29(18-20-9-7-10-23(17-20)32-4)25(30)11-8-16-33-22-14-12-21(27)13-15-22/h7,9-10,12-15,17,19,24H,5-6,8,11,16,18H2,1-4H3,(H,28,31)/t19-,24+/m1/s1. The Morgan fingerprint density at radius 3 is 2.42 bits per heavy atom. The minimum Gasteiger partial charge on any atom is -0.497 e. The lowest BCUT2D eigenvalue weighted by molar-refractivity contribution is -0.141. The summed E-state index contributed by atoms with van der Waals surface area (Å²) >= 11 is 5.90. The smallest absolute Gasteiger partial charge is 0.243 e. The van der Waals surface area contributed by atoms with Crippen molar-refractivity contribution in [1.82, 2.24) is 10.2 Å². The molecular formula is C26H35ClN2O4. The molecule has 2 atom stereocenters. The normalized spacial score (nSPS) is 12.5. The Hall–Kier alpha value is -2.73. The average Bonchev–Trinajstić information content (AvgIpc) is 2.82. The highest BCUT2D eigenvalue weighted by atomic mass is 35.5. The summed E-state index contributed by atoms with van der Waals surface area (Å²) in [5, 5.41) is 3.67. The van der Waals surface area contributed by atoms with Gasteiger partial charge in [0.15, 0.2) is 0 Å². The Morgan fingerprint density at radius 2 is 1.79 bits per heavy atom. The highest BCUT2D eigenvalue weighted by molar-refractivity contribution is 6.30. The minimum atomic E-state index is -0.546. The number of halogens is 1. The number of nitrogens with one attached hydrogen (secondary N) is 1. The van der Waals surface area contributed by atoms with Gasteiger partial charge < -0.3 is 19.7 Å². The van der Waals surface area contributed by atoms with E-state index in [4.69, 9.17) is 21.1 Å². The van der Waals surface area contributed by atoms with Crippen molar-refractivity contribution >= 4 is 23.4 Å². The number of amides is 2. The molecule has 2 rings (SSSR count). The van der Waals surface area contributed by atoms with Crippen molar-refractivity contribution in [2.24, 2.45) is 0 Å². The van der Waals surface area contributed by atoms with Crippen LogP contribution in [0.5, 0.6) is 11.5 Å². The van der Waals surface area contributed by atoms with Crippen LogP contribution in [0.25, 0.3) is 0 Å². The number of rotatable bonds is 13. The van der Waals surface area contributed by atoms with Gasteiger partial charge in [-0.1, -0.05) is 37.6 Å². The zero-order valence-electron chi connectivity index (χ0n) is 20.0. The first-order chi connectivity index (χ1) is 15.9. The van der Waals surface area contributed by atoms with Crippen LogP contribution in [0.2, 0.25) is 5.02 Å². The number of ether oxygens (including phenoxy) is 2. The van der Waals surface area contributed by atoms with Crippen LogP contribution in [0.15, 0.2) is 48.5 Å². The maximum atomic E-state index is 13.3. The first-order valence-electron chi connectivity index (χ1n) is 11.5. The molecule has 0 saturated heterocycles. The van der Waals surface area contributed by atoms with Crippen LogP contribution in [-0.2, 0) is 16.1 Å². The molecule has 0 radical (unpaired) electrons. The summed E-state index contributed by atoms with van der Waals surface area (Å²) in [6, 6.07) is 14.2. The predicted octanol–water partition coefficient (Wildman–Crippen LogP) is 5.23. The van der Waals surface area contributed by atoms with E-state index < -0.39 is 6.04 Å². The third-order valence-corrected chi connectivity index (χ3v) is 5.74. The van der Waals surface area contributed by atoms with Crippen molar-refractivity contribution in [3.05, 3.63) is 59.1 Å². The largest absolute Gasteiger partial charge is 0.497 e. The third-order valence-electron chi connectivity index (χ3n) is 5.49. The highest BCUT2D eigenvalue weighted by Crippen LogP contribution is 2.19. The van der Waals surface area contributed by atoms with Gasteiger partial charge in [-0.3, -0.25) is 9.59 Å². The van der Waals surface area contributed by atoms with E-state index in [1.807, 2.05) is 45.0 Å². The topological polar surface area (TPSA) is 67.9 Å². The lowest BCUT2D eigenvalue weighted by atomic mass is 10.1. The fourth-order valence-corrected chi connectivity index (χ4v) is 3.54. The van der Waals surface area contributed by atoms with E-state index in [1.54, 1.807) is 36.3 Å². The molecule has 0 bridgehead atoms. The van der Waals surface area contributed by atoms with Gasteiger partial charge in [0.25, 0.3) is 0 Å². The Balaban J connectivity index is 2.09. The van der Waals surface area contributed by atoms with E-state index in [9.17, 15) is 9.59 Å². The summed E-state index contributed by atoms with van der Waals surface area (Å²) in [5.74, 6) is 1.22. The van der Waals surface area contributed by atoms with Crippen molar-refractivity contribution in [3.8, 4) is 11.5 Å². The van der Waals surface area contributed by atoms with Gasteiger partial charge in [-0.25, -0.2) is 0 Å². The number of benzene rings is 2. The number of carbonyl (C=O) groups excluding carboxylic acids is 2. The lowest BCUT2D eigenvalue weighted by Crippen LogP contribution is -2.50. The van der Waals surface area contributed by atoms with Gasteiger partial charge in [0.2, 0.25) is 11.8 Å². The molecule has 0 aromatic heterocycles. The number of nitrogens with zero attached hydrogens (tertiary/aromatic N) is 1. The van der Waals surface area contributed by atoms with Gasteiger partial charge in [0.05, 0.1) is 13.7 Å². The quantitative estimate of drug-likeness (QED) is 0.403. The molecule has 7 heteroatoms. The Labute approximate surface area is 202 Å².